The van der Waals surface area contributed by atoms with E-state index >= 15 is 0 Å². The van der Waals surface area contributed by atoms with Crippen LogP contribution < -0.4 is 11.5 Å². The lowest BCUT2D eigenvalue weighted by Gasteiger charge is -2.40. The summed E-state index contributed by atoms with van der Waals surface area (Å²) in [6.45, 7) is 14.7. The highest BCUT2D eigenvalue weighted by molar-refractivity contribution is 7.93. The third kappa shape index (κ3) is 6.73. The van der Waals surface area contributed by atoms with Crippen LogP contribution in [0.1, 0.15) is 73.1 Å². The van der Waals surface area contributed by atoms with Crippen molar-refractivity contribution in [1.82, 2.24) is 0 Å². The number of nitrogens with two attached hydrogens (primary N) is 2. The number of hydrogen-bond acceptors (Lipinski definition) is 3. The molecule has 1 rings (SSSR count). The van der Waals surface area contributed by atoms with E-state index in [0.717, 1.165) is 12.8 Å². The van der Waals surface area contributed by atoms with E-state index in [1.165, 1.54) is 24.0 Å². The molecule has 4 N–H and O–H groups in total. The Kier molecular flexibility index (Phi) is 9.19. The normalized spacial score (nSPS) is 25.1. The van der Waals surface area contributed by atoms with E-state index in [2.05, 4.69) is 51.4 Å². The van der Waals surface area contributed by atoms with Crippen LogP contribution in [0.4, 0.5) is 0 Å². The average Bonchev–Trinajstić information content (AvgIpc) is 2.63. The zero-order valence-electron chi connectivity index (χ0n) is 19.0. The van der Waals surface area contributed by atoms with Crippen molar-refractivity contribution in [2.45, 2.75) is 77.9 Å². The fourth-order valence-electron chi connectivity index (χ4n) is 4.01. The molecule has 0 saturated heterocycles. The molecular weight excluding hydrogens is 382 g/mol. The molecule has 0 radical (unpaired) electrons. The van der Waals surface area contributed by atoms with Crippen LogP contribution in [0, 0.1) is 11.3 Å². The molecule has 6 heteroatoms. The molecule has 0 aromatic heterocycles. The largest absolute Gasteiger partial charge is 0.370 e. The molecule has 0 aromatic rings. The van der Waals surface area contributed by atoms with Crippen molar-refractivity contribution in [3.63, 3.8) is 0 Å². The summed E-state index contributed by atoms with van der Waals surface area (Å²) in [5.41, 5.74) is 13.7. The summed E-state index contributed by atoms with van der Waals surface area (Å²) in [5, 5.41) is 0. The molecule has 1 aliphatic rings. The number of allylic oxidation sites excluding steroid dienone is 4. The van der Waals surface area contributed by atoms with Gasteiger partial charge in [-0.25, -0.2) is 8.42 Å². The van der Waals surface area contributed by atoms with Crippen LogP contribution in [-0.4, -0.2) is 31.4 Å². The number of sulfone groups is 1. The van der Waals surface area contributed by atoms with Crippen molar-refractivity contribution in [1.29, 1.82) is 0 Å². The maximum Gasteiger partial charge on any atom is 0.185 e. The SMILES string of the molecule is C=CC(C)(CCC=C(C)CCC1(C)C(C)=CCCC1C)S(=O)(=O)CCN=C(N)N. The summed E-state index contributed by atoms with van der Waals surface area (Å²) in [5.74, 6) is 0.516. The molecule has 0 bridgehead atoms. The van der Waals surface area contributed by atoms with Crippen molar-refractivity contribution < 1.29 is 8.42 Å². The van der Waals surface area contributed by atoms with Gasteiger partial charge in [0.2, 0.25) is 0 Å². The second kappa shape index (κ2) is 10.5. The quantitative estimate of drug-likeness (QED) is 0.290. The van der Waals surface area contributed by atoms with Crippen LogP contribution in [-0.2, 0) is 9.84 Å². The Morgan fingerprint density at radius 1 is 1.45 bits per heavy atom. The molecule has 1 aliphatic carbocycles. The Labute approximate surface area is 178 Å². The molecule has 0 spiro atoms. The van der Waals surface area contributed by atoms with Gasteiger partial charge in [-0.15, -0.1) is 6.58 Å². The van der Waals surface area contributed by atoms with Crippen LogP contribution in [0.2, 0.25) is 0 Å². The lowest BCUT2D eigenvalue weighted by molar-refractivity contribution is 0.211. The molecular formula is C23H41N3O2S. The zero-order chi connectivity index (χ0) is 22.3. The second-order valence-electron chi connectivity index (χ2n) is 9.01. The van der Waals surface area contributed by atoms with Gasteiger partial charge in [0.1, 0.15) is 0 Å². The standard InChI is InChI=1S/C23H41N3O2S/c1-7-22(5,29(27,28)17-16-26-21(24)25)14-9-10-18(2)13-15-23(6)19(3)11-8-12-20(23)4/h7,10-11,20H,1,8-9,12-17H2,2-6H3,(H4,24,25,26). The number of hydrogen-bond donors (Lipinski definition) is 2. The summed E-state index contributed by atoms with van der Waals surface area (Å²) in [4.78, 5) is 3.80. The van der Waals surface area contributed by atoms with Gasteiger partial charge in [0.15, 0.2) is 15.8 Å². The first-order valence-corrected chi connectivity index (χ1v) is 12.3. The summed E-state index contributed by atoms with van der Waals surface area (Å²) < 4.78 is 24.5. The maximum atomic E-state index is 12.7. The fourth-order valence-corrected chi connectivity index (χ4v) is 5.49. The highest BCUT2D eigenvalue weighted by Gasteiger charge is 2.35. The first kappa shape index (κ1) is 25.5. The van der Waals surface area contributed by atoms with Crippen LogP contribution in [0.3, 0.4) is 0 Å². The third-order valence-electron chi connectivity index (χ3n) is 7.01. The van der Waals surface area contributed by atoms with Gasteiger partial charge in [0.05, 0.1) is 17.0 Å². The summed E-state index contributed by atoms with van der Waals surface area (Å²) in [7, 11) is -3.39. The molecule has 0 saturated carbocycles. The van der Waals surface area contributed by atoms with Crippen molar-refractivity contribution in [2.75, 3.05) is 12.3 Å². The van der Waals surface area contributed by atoms with Crippen LogP contribution in [0.15, 0.2) is 40.9 Å². The van der Waals surface area contributed by atoms with Gasteiger partial charge in [-0.1, -0.05) is 43.2 Å². The Morgan fingerprint density at radius 2 is 2.10 bits per heavy atom. The molecule has 3 unspecified atom stereocenters. The second-order valence-corrected chi connectivity index (χ2v) is 11.6. The minimum absolute atomic E-state index is 0.0760. The maximum absolute atomic E-state index is 12.7. The molecule has 0 amide bonds. The van der Waals surface area contributed by atoms with Gasteiger partial charge >= 0.3 is 0 Å². The number of aliphatic imine (C=N–C) groups is 1. The number of rotatable bonds is 11. The van der Waals surface area contributed by atoms with E-state index in [1.807, 2.05) is 0 Å². The zero-order valence-corrected chi connectivity index (χ0v) is 19.8. The summed E-state index contributed by atoms with van der Waals surface area (Å²) >= 11 is 0. The summed E-state index contributed by atoms with van der Waals surface area (Å²) in [6.07, 6.45) is 11.9. The van der Waals surface area contributed by atoms with E-state index in [9.17, 15) is 8.42 Å². The van der Waals surface area contributed by atoms with Gasteiger partial charge in [-0.3, -0.25) is 4.99 Å². The lowest BCUT2D eigenvalue weighted by atomic mass is 9.65. The molecule has 3 atom stereocenters. The van der Waals surface area contributed by atoms with Gasteiger partial charge in [0, 0.05) is 0 Å². The lowest BCUT2D eigenvalue weighted by Crippen LogP contribution is -2.36. The molecule has 0 aromatic carbocycles. The van der Waals surface area contributed by atoms with Crippen LogP contribution in [0.25, 0.3) is 0 Å². The van der Waals surface area contributed by atoms with E-state index in [1.54, 1.807) is 13.0 Å². The molecule has 0 heterocycles. The minimum Gasteiger partial charge on any atom is -0.370 e. The monoisotopic (exact) mass is 423 g/mol. The summed E-state index contributed by atoms with van der Waals surface area (Å²) in [6, 6.07) is 0. The highest BCUT2D eigenvalue weighted by Crippen LogP contribution is 2.45. The smallest absolute Gasteiger partial charge is 0.185 e. The average molecular weight is 424 g/mol. The van der Waals surface area contributed by atoms with Crippen molar-refractivity contribution in [3.05, 3.63) is 36.0 Å². The molecule has 29 heavy (non-hydrogen) atoms. The first-order chi connectivity index (χ1) is 13.4. The van der Waals surface area contributed by atoms with Gasteiger partial charge in [-0.05, 0) is 70.6 Å². The molecule has 166 valence electrons. The van der Waals surface area contributed by atoms with Crippen LogP contribution in [0.5, 0.6) is 0 Å². The molecule has 5 nitrogen and oxygen atoms in total. The van der Waals surface area contributed by atoms with E-state index in [0.29, 0.717) is 18.8 Å². The molecule has 0 fully saturated rings. The Hall–Kier alpha value is -1.56. The van der Waals surface area contributed by atoms with Crippen molar-refractivity contribution >= 4 is 15.8 Å². The first-order valence-electron chi connectivity index (χ1n) is 10.6. The van der Waals surface area contributed by atoms with Gasteiger partial charge in [-0.2, -0.15) is 0 Å². The van der Waals surface area contributed by atoms with Gasteiger partial charge in [0.25, 0.3) is 0 Å². The number of nitrogens with zero attached hydrogens (tertiary/aromatic N) is 1. The van der Waals surface area contributed by atoms with Crippen molar-refractivity contribution in [2.24, 2.45) is 27.8 Å². The van der Waals surface area contributed by atoms with E-state index < -0.39 is 14.6 Å². The molecule has 0 aliphatic heterocycles. The van der Waals surface area contributed by atoms with E-state index in [4.69, 9.17) is 11.5 Å². The van der Waals surface area contributed by atoms with Crippen molar-refractivity contribution in [3.8, 4) is 0 Å². The predicted molar refractivity (Wildman–Crippen MR) is 126 cm³/mol. The fraction of sp³-hybridized carbons (Fsp3) is 0.696. The predicted octanol–water partition coefficient (Wildman–Crippen LogP) is 4.51. The van der Waals surface area contributed by atoms with Gasteiger partial charge < -0.3 is 11.5 Å². The Morgan fingerprint density at radius 3 is 2.66 bits per heavy atom. The Bertz CT molecular complexity index is 763. The minimum atomic E-state index is -3.39. The highest BCUT2D eigenvalue weighted by atomic mass is 32.2. The topological polar surface area (TPSA) is 98.5 Å². The third-order valence-corrected chi connectivity index (χ3v) is 9.52. The van der Waals surface area contributed by atoms with E-state index in [-0.39, 0.29) is 23.7 Å². The Balaban J connectivity index is 2.69. The number of guanidine groups is 1. The van der Waals surface area contributed by atoms with Crippen LogP contribution >= 0.6 is 0 Å².